The van der Waals surface area contributed by atoms with Crippen LogP contribution >= 0.6 is 8.03 Å². The van der Waals surface area contributed by atoms with Crippen LogP contribution in [0, 0.1) is 5.92 Å². The highest BCUT2D eigenvalue weighted by Gasteiger charge is 2.04. The van der Waals surface area contributed by atoms with Crippen molar-refractivity contribution in [3.8, 4) is 0 Å². The van der Waals surface area contributed by atoms with E-state index in [9.17, 15) is 4.57 Å². The normalized spacial score (nSPS) is 12.2. The number of rotatable bonds is 8. The van der Waals surface area contributed by atoms with E-state index in [1.165, 1.54) is 25.7 Å². The van der Waals surface area contributed by atoms with Gasteiger partial charge in [-0.15, -0.1) is 4.52 Å². The minimum Gasteiger partial charge on any atom is -0.147 e. The molecule has 1 unspecified atom stereocenters. The van der Waals surface area contributed by atoms with E-state index < -0.39 is 8.03 Å². The van der Waals surface area contributed by atoms with Crippen LogP contribution in [0.25, 0.3) is 0 Å². The van der Waals surface area contributed by atoms with Crippen LogP contribution in [0.4, 0.5) is 0 Å². The highest BCUT2D eigenvalue weighted by atomic mass is 31.1. The molecule has 0 rings (SSSR count). The smallest absolute Gasteiger partial charge is 0.147 e. The monoisotopic (exact) mass is 205 g/mol. The largest absolute Gasteiger partial charge is 0.504 e. The molecule has 13 heavy (non-hydrogen) atoms. The molecule has 1 atom stereocenters. The van der Waals surface area contributed by atoms with Crippen molar-refractivity contribution in [1.29, 1.82) is 0 Å². The molecule has 0 fully saturated rings. The molecule has 3 heteroatoms. The van der Waals surface area contributed by atoms with Crippen molar-refractivity contribution < 1.29 is 9.09 Å². The molecule has 0 aliphatic heterocycles. The highest BCUT2D eigenvalue weighted by molar-refractivity contribution is 7.38. The lowest BCUT2D eigenvalue weighted by Crippen LogP contribution is -1.89. The Hall–Kier alpha value is 0.0600. The lowest BCUT2D eigenvalue weighted by Gasteiger charge is -2.02. The minimum absolute atomic E-state index is 0.660. The van der Waals surface area contributed by atoms with Gasteiger partial charge < -0.3 is 0 Å². The lowest BCUT2D eigenvalue weighted by molar-refractivity contribution is 0.318. The third-order valence-corrected chi connectivity index (χ3v) is 2.50. The summed E-state index contributed by atoms with van der Waals surface area (Å²) >= 11 is 0. The Labute approximate surface area is 82.9 Å². The van der Waals surface area contributed by atoms with E-state index in [-0.39, 0.29) is 0 Å². The summed E-state index contributed by atoms with van der Waals surface area (Å²) in [4.78, 5) is 0. The maximum absolute atomic E-state index is 10.5. The predicted molar refractivity (Wildman–Crippen MR) is 57.4 cm³/mol. The zero-order valence-corrected chi connectivity index (χ0v) is 9.98. The first-order chi connectivity index (χ1) is 6.13. The summed E-state index contributed by atoms with van der Waals surface area (Å²) in [7, 11) is -1.39. The molecule has 0 heterocycles. The van der Waals surface area contributed by atoms with Gasteiger partial charge in [0.1, 0.15) is 6.61 Å². The van der Waals surface area contributed by atoms with Crippen LogP contribution in [0.5, 0.6) is 0 Å². The van der Waals surface area contributed by atoms with Crippen molar-refractivity contribution in [2.24, 2.45) is 5.92 Å². The van der Waals surface area contributed by atoms with E-state index in [0.29, 0.717) is 6.61 Å². The molecule has 0 aliphatic rings. The van der Waals surface area contributed by atoms with Crippen LogP contribution in [-0.2, 0) is 9.09 Å². The molecular formula is C10H22O2P+. The molecule has 0 radical (unpaired) electrons. The Kier molecular flexibility index (Phi) is 8.69. The van der Waals surface area contributed by atoms with Crippen LogP contribution in [0.3, 0.4) is 0 Å². The molecule has 0 saturated carbocycles. The summed E-state index contributed by atoms with van der Waals surface area (Å²) in [5.41, 5.74) is 0. The van der Waals surface area contributed by atoms with E-state index in [2.05, 4.69) is 13.8 Å². The molecule has 0 aliphatic carbocycles. The van der Waals surface area contributed by atoms with Crippen LogP contribution in [0.1, 0.15) is 46.0 Å². The first kappa shape index (κ1) is 13.1. The molecular weight excluding hydrogens is 183 g/mol. The van der Waals surface area contributed by atoms with Crippen LogP contribution in [0.2, 0.25) is 0 Å². The predicted octanol–water partition coefficient (Wildman–Crippen LogP) is 3.98. The van der Waals surface area contributed by atoms with Crippen molar-refractivity contribution in [2.75, 3.05) is 13.3 Å². The van der Waals surface area contributed by atoms with Crippen LogP contribution < -0.4 is 0 Å². The number of hydrogen-bond donors (Lipinski definition) is 0. The Bertz CT molecular complexity index is 135. The fourth-order valence-corrected chi connectivity index (χ4v) is 1.59. The van der Waals surface area contributed by atoms with E-state index in [0.717, 1.165) is 12.3 Å². The molecule has 0 bridgehead atoms. The van der Waals surface area contributed by atoms with Gasteiger partial charge in [-0.25, -0.2) is 0 Å². The second-order valence-corrected chi connectivity index (χ2v) is 5.01. The topological polar surface area (TPSA) is 26.3 Å². The zero-order valence-electron chi connectivity index (χ0n) is 9.08. The summed E-state index contributed by atoms with van der Waals surface area (Å²) < 4.78 is 15.5. The quantitative estimate of drug-likeness (QED) is 0.442. The molecule has 2 nitrogen and oxygen atoms in total. The molecule has 0 aromatic heterocycles. The third-order valence-electron chi connectivity index (χ3n) is 1.95. The molecule has 78 valence electrons. The maximum atomic E-state index is 10.5. The van der Waals surface area contributed by atoms with Gasteiger partial charge in [-0.1, -0.05) is 39.5 Å². The fraction of sp³-hybridized carbons (Fsp3) is 1.00. The van der Waals surface area contributed by atoms with Gasteiger partial charge in [0.25, 0.3) is 0 Å². The van der Waals surface area contributed by atoms with Gasteiger partial charge in [0.05, 0.1) is 0 Å². The highest BCUT2D eigenvalue weighted by Crippen LogP contribution is 2.16. The second-order valence-electron chi connectivity index (χ2n) is 3.87. The zero-order chi connectivity index (χ0) is 10.1. The average molecular weight is 205 g/mol. The summed E-state index contributed by atoms with van der Waals surface area (Å²) in [5.74, 6) is 0.821. The van der Waals surface area contributed by atoms with E-state index >= 15 is 0 Å². The Morgan fingerprint density at radius 3 is 2.31 bits per heavy atom. The van der Waals surface area contributed by atoms with E-state index in [1.807, 2.05) is 0 Å². The molecule has 0 aromatic carbocycles. The first-order valence-corrected chi connectivity index (χ1v) is 6.79. The van der Waals surface area contributed by atoms with Gasteiger partial charge in [-0.2, -0.15) is 0 Å². The average Bonchev–Trinajstić information content (AvgIpc) is 2.01. The SMILES string of the molecule is CC(C)CCCCCCO[P+](C)=O. The van der Waals surface area contributed by atoms with Crippen molar-refractivity contribution in [3.63, 3.8) is 0 Å². The summed E-state index contributed by atoms with van der Waals surface area (Å²) in [6.07, 6.45) is 6.17. The maximum Gasteiger partial charge on any atom is 0.504 e. The van der Waals surface area contributed by atoms with E-state index in [1.54, 1.807) is 6.66 Å². The van der Waals surface area contributed by atoms with Gasteiger partial charge in [0.2, 0.25) is 0 Å². The molecule has 0 spiro atoms. The summed E-state index contributed by atoms with van der Waals surface area (Å²) in [5, 5.41) is 0. The molecule has 0 aromatic rings. The lowest BCUT2D eigenvalue weighted by atomic mass is 10.0. The van der Waals surface area contributed by atoms with Gasteiger partial charge >= 0.3 is 8.03 Å². The van der Waals surface area contributed by atoms with Crippen molar-refractivity contribution >= 4 is 8.03 Å². The van der Waals surface area contributed by atoms with Gasteiger partial charge in [-0.05, 0) is 16.9 Å². The van der Waals surface area contributed by atoms with Gasteiger partial charge in [-0.3, -0.25) is 0 Å². The number of unbranched alkanes of at least 4 members (excludes halogenated alkanes) is 3. The standard InChI is InChI=1S/C10H22O2P/c1-10(2)8-6-4-5-7-9-12-13(3)11/h10H,4-9H2,1-3H3/q+1. The number of hydrogen-bond acceptors (Lipinski definition) is 2. The minimum atomic E-state index is -1.39. The summed E-state index contributed by atoms with van der Waals surface area (Å²) in [6, 6.07) is 0. The van der Waals surface area contributed by atoms with Gasteiger partial charge in [0, 0.05) is 0 Å². The Balaban J connectivity index is 2.96. The fourth-order valence-electron chi connectivity index (χ4n) is 1.20. The molecule has 0 amide bonds. The van der Waals surface area contributed by atoms with E-state index in [4.69, 9.17) is 4.52 Å². The van der Waals surface area contributed by atoms with Crippen LogP contribution in [-0.4, -0.2) is 13.3 Å². The van der Waals surface area contributed by atoms with Crippen molar-refractivity contribution in [2.45, 2.75) is 46.0 Å². The molecule has 0 N–H and O–H groups in total. The van der Waals surface area contributed by atoms with Crippen molar-refractivity contribution in [1.82, 2.24) is 0 Å². The third kappa shape index (κ3) is 12.1. The first-order valence-electron chi connectivity index (χ1n) is 5.16. The summed E-state index contributed by atoms with van der Waals surface area (Å²) in [6.45, 7) is 6.77. The molecule has 0 saturated heterocycles. The Morgan fingerprint density at radius 1 is 1.15 bits per heavy atom. The van der Waals surface area contributed by atoms with Crippen LogP contribution in [0.15, 0.2) is 0 Å². The Morgan fingerprint density at radius 2 is 1.77 bits per heavy atom. The second kappa shape index (κ2) is 8.65. The van der Waals surface area contributed by atoms with Gasteiger partial charge in [0.15, 0.2) is 6.66 Å². The van der Waals surface area contributed by atoms with Crippen molar-refractivity contribution in [3.05, 3.63) is 0 Å².